The van der Waals surface area contributed by atoms with E-state index in [1.54, 1.807) is 4.68 Å². The van der Waals surface area contributed by atoms with E-state index in [2.05, 4.69) is 25.9 Å². The monoisotopic (exact) mass is 182 g/mol. The third kappa shape index (κ3) is 3.09. The van der Waals surface area contributed by atoms with Crippen molar-refractivity contribution in [3.8, 4) is 5.88 Å². The first kappa shape index (κ1) is 10.1. The molecule has 0 aliphatic heterocycles. The van der Waals surface area contributed by atoms with Gasteiger partial charge < -0.3 is 4.74 Å². The largest absolute Gasteiger partial charge is 0.476 e. The Kier molecular flexibility index (Phi) is 2.96. The highest BCUT2D eigenvalue weighted by molar-refractivity contribution is 5.05. The molecule has 1 aromatic rings. The predicted molar refractivity (Wildman–Crippen MR) is 52.8 cm³/mol. The number of hydrogen-bond donors (Lipinski definition) is 0. The van der Waals surface area contributed by atoms with Gasteiger partial charge in [0.2, 0.25) is 5.88 Å². The van der Waals surface area contributed by atoms with Gasteiger partial charge in [-0.15, -0.1) is 5.10 Å². The maximum atomic E-state index is 5.55. The Morgan fingerprint density at radius 3 is 2.69 bits per heavy atom. The zero-order valence-corrected chi connectivity index (χ0v) is 8.87. The first-order valence-electron chi connectivity index (χ1n) is 4.66. The zero-order chi connectivity index (χ0) is 9.90. The molecule has 0 aromatic carbocycles. The molecular formula is C10H18N2O. The lowest BCUT2D eigenvalue weighted by atomic mass is 9.92. The van der Waals surface area contributed by atoms with Crippen molar-refractivity contribution in [2.24, 2.45) is 12.5 Å². The molecule has 0 atom stereocenters. The molecular weight excluding hydrogens is 164 g/mol. The van der Waals surface area contributed by atoms with E-state index in [1.165, 1.54) is 0 Å². The van der Waals surface area contributed by atoms with Crippen LogP contribution in [0.2, 0.25) is 0 Å². The highest BCUT2D eigenvalue weighted by atomic mass is 16.5. The van der Waals surface area contributed by atoms with Crippen LogP contribution in [0.3, 0.4) is 0 Å². The van der Waals surface area contributed by atoms with Gasteiger partial charge in [-0.25, -0.2) is 0 Å². The minimum atomic E-state index is 0.234. The lowest BCUT2D eigenvalue weighted by Gasteiger charge is -2.21. The summed E-state index contributed by atoms with van der Waals surface area (Å²) >= 11 is 0. The van der Waals surface area contributed by atoms with Gasteiger partial charge in [0.05, 0.1) is 6.61 Å². The van der Waals surface area contributed by atoms with Gasteiger partial charge in [-0.1, -0.05) is 20.8 Å². The van der Waals surface area contributed by atoms with Crippen LogP contribution in [0.15, 0.2) is 12.3 Å². The van der Waals surface area contributed by atoms with E-state index < -0.39 is 0 Å². The molecule has 3 nitrogen and oxygen atoms in total. The summed E-state index contributed by atoms with van der Waals surface area (Å²) in [6, 6.07) is 1.88. The Balaban J connectivity index is 2.43. The molecule has 0 amide bonds. The molecule has 0 saturated heterocycles. The van der Waals surface area contributed by atoms with Gasteiger partial charge >= 0.3 is 0 Å². The van der Waals surface area contributed by atoms with E-state index in [1.807, 2.05) is 19.3 Å². The van der Waals surface area contributed by atoms with Crippen LogP contribution >= 0.6 is 0 Å². The van der Waals surface area contributed by atoms with Gasteiger partial charge in [-0.05, 0) is 11.8 Å². The SMILES string of the molecule is CCC(C)(C)COc1ccn(C)n1. The van der Waals surface area contributed by atoms with E-state index in [-0.39, 0.29) is 5.41 Å². The quantitative estimate of drug-likeness (QED) is 0.714. The van der Waals surface area contributed by atoms with Crippen LogP contribution in [0.5, 0.6) is 5.88 Å². The van der Waals surface area contributed by atoms with Crippen LogP contribution in [-0.4, -0.2) is 16.4 Å². The average Bonchev–Trinajstić information content (AvgIpc) is 2.48. The number of rotatable bonds is 4. The topological polar surface area (TPSA) is 27.1 Å². The molecule has 1 aromatic heterocycles. The normalized spacial score (nSPS) is 11.7. The maximum Gasteiger partial charge on any atom is 0.232 e. The van der Waals surface area contributed by atoms with Crippen LogP contribution in [0.25, 0.3) is 0 Å². The second-order valence-electron chi connectivity index (χ2n) is 4.13. The van der Waals surface area contributed by atoms with Crippen molar-refractivity contribution in [3.05, 3.63) is 12.3 Å². The fourth-order valence-electron chi connectivity index (χ4n) is 0.842. The molecule has 0 fully saturated rings. The smallest absolute Gasteiger partial charge is 0.232 e. The van der Waals surface area contributed by atoms with Crippen molar-refractivity contribution < 1.29 is 4.74 Å². The number of hydrogen-bond acceptors (Lipinski definition) is 2. The van der Waals surface area contributed by atoms with Crippen molar-refractivity contribution in [2.75, 3.05) is 6.61 Å². The highest BCUT2D eigenvalue weighted by Gasteiger charge is 2.16. The van der Waals surface area contributed by atoms with Gasteiger partial charge in [0, 0.05) is 19.3 Å². The van der Waals surface area contributed by atoms with Crippen molar-refractivity contribution in [2.45, 2.75) is 27.2 Å². The minimum Gasteiger partial charge on any atom is -0.476 e. The summed E-state index contributed by atoms with van der Waals surface area (Å²) in [4.78, 5) is 0. The van der Waals surface area contributed by atoms with Crippen molar-refractivity contribution in [3.63, 3.8) is 0 Å². The zero-order valence-electron chi connectivity index (χ0n) is 8.87. The summed E-state index contributed by atoms with van der Waals surface area (Å²) in [5, 5.41) is 4.14. The van der Waals surface area contributed by atoms with Crippen LogP contribution in [0, 0.1) is 5.41 Å². The molecule has 1 rings (SSSR count). The number of nitrogens with zero attached hydrogens (tertiary/aromatic N) is 2. The Labute approximate surface area is 79.7 Å². The second kappa shape index (κ2) is 3.81. The summed E-state index contributed by atoms with van der Waals surface area (Å²) in [6.45, 7) is 7.27. The molecule has 0 N–H and O–H groups in total. The van der Waals surface area contributed by atoms with Gasteiger partial charge in [-0.3, -0.25) is 4.68 Å². The number of aryl methyl sites for hydroxylation is 1. The fourth-order valence-corrected chi connectivity index (χ4v) is 0.842. The fraction of sp³-hybridized carbons (Fsp3) is 0.700. The van der Waals surface area contributed by atoms with Crippen LogP contribution in [-0.2, 0) is 7.05 Å². The molecule has 0 unspecified atom stereocenters. The molecule has 3 heteroatoms. The van der Waals surface area contributed by atoms with Crippen LogP contribution in [0.4, 0.5) is 0 Å². The molecule has 0 aliphatic rings. The highest BCUT2D eigenvalue weighted by Crippen LogP contribution is 2.20. The Morgan fingerprint density at radius 1 is 1.54 bits per heavy atom. The lowest BCUT2D eigenvalue weighted by molar-refractivity contribution is 0.169. The molecule has 74 valence electrons. The summed E-state index contributed by atoms with van der Waals surface area (Å²) in [5.41, 5.74) is 0.234. The standard InChI is InChI=1S/C10H18N2O/c1-5-10(2,3)8-13-9-6-7-12(4)11-9/h6-7H,5,8H2,1-4H3. The molecule has 0 bridgehead atoms. The Hall–Kier alpha value is -0.990. The van der Waals surface area contributed by atoms with Crippen LogP contribution in [0.1, 0.15) is 27.2 Å². The van der Waals surface area contributed by atoms with E-state index >= 15 is 0 Å². The summed E-state index contributed by atoms with van der Waals surface area (Å²) in [5.74, 6) is 0.712. The summed E-state index contributed by atoms with van der Waals surface area (Å²) < 4.78 is 7.29. The third-order valence-corrected chi connectivity index (χ3v) is 2.26. The Morgan fingerprint density at radius 2 is 2.23 bits per heavy atom. The van der Waals surface area contributed by atoms with Crippen molar-refractivity contribution >= 4 is 0 Å². The molecule has 0 radical (unpaired) electrons. The molecule has 0 aliphatic carbocycles. The van der Waals surface area contributed by atoms with Gasteiger partial charge in [-0.2, -0.15) is 0 Å². The molecule has 0 spiro atoms. The lowest BCUT2D eigenvalue weighted by Crippen LogP contribution is -2.20. The van der Waals surface area contributed by atoms with E-state index in [9.17, 15) is 0 Å². The first-order valence-corrected chi connectivity index (χ1v) is 4.66. The van der Waals surface area contributed by atoms with Gasteiger partial charge in [0.15, 0.2) is 0 Å². The third-order valence-electron chi connectivity index (χ3n) is 2.26. The van der Waals surface area contributed by atoms with E-state index in [0.29, 0.717) is 5.88 Å². The molecule has 1 heterocycles. The number of aromatic nitrogens is 2. The molecule has 13 heavy (non-hydrogen) atoms. The maximum absolute atomic E-state index is 5.55. The number of ether oxygens (including phenoxy) is 1. The summed E-state index contributed by atoms with van der Waals surface area (Å²) in [7, 11) is 1.89. The second-order valence-corrected chi connectivity index (χ2v) is 4.13. The van der Waals surface area contributed by atoms with Gasteiger partial charge in [0.1, 0.15) is 0 Å². The summed E-state index contributed by atoms with van der Waals surface area (Å²) in [6.07, 6.45) is 2.99. The average molecular weight is 182 g/mol. The van der Waals surface area contributed by atoms with Crippen molar-refractivity contribution in [1.82, 2.24) is 9.78 Å². The van der Waals surface area contributed by atoms with E-state index in [0.717, 1.165) is 13.0 Å². The van der Waals surface area contributed by atoms with Gasteiger partial charge in [0.25, 0.3) is 0 Å². The predicted octanol–water partition coefficient (Wildman–Crippen LogP) is 2.24. The van der Waals surface area contributed by atoms with Crippen LogP contribution < -0.4 is 4.74 Å². The molecule has 0 saturated carbocycles. The Bertz CT molecular complexity index is 266. The van der Waals surface area contributed by atoms with Crippen molar-refractivity contribution in [1.29, 1.82) is 0 Å². The minimum absolute atomic E-state index is 0.234. The van der Waals surface area contributed by atoms with E-state index in [4.69, 9.17) is 4.74 Å². The first-order chi connectivity index (χ1) is 6.03.